The fourth-order valence-corrected chi connectivity index (χ4v) is 11.3. The molecule has 0 radical (unpaired) electrons. The Bertz CT molecular complexity index is 1990. The third-order valence-electron chi connectivity index (χ3n) is 10.3. The fraction of sp³-hybridized carbons (Fsp3) is 0.255. The van der Waals surface area contributed by atoms with Gasteiger partial charge in [0.25, 0.3) is 0 Å². The predicted molar refractivity (Wildman–Crippen MR) is 243 cm³/mol. The monoisotopic (exact) mass is 806 g/mol. The molecular weight excluding hydrogens is 753 g/mol. The Labute approximate surface area is 353 Å². The van der Waals surface area contributed by atoms with Gasteiger partial charge in [0.05, 0.1) is 22.6 Å². The molecule has 58 heavy (non-hydrogen) atoms. The highest BCUT2D eigenvalue weighted by atomic mass is 32.2. The third kappa shape index (κ3) is 9.61. The van der Waals surface area contributed by atoms with E-state index >= 15 is 0 Å². The number of carbonyl (C=O) groups excluding carboxylic acids is 2. The average Bonchev–Trinajstić information content (AvgIpc) is 3.26. The van der Waals surface area contributed by atoms with Gasteiger partial charge in [-0.2, -0.15) is 0 Å². The predicted octanol–water partition coefficient (Wildman–Crippen LogP) is 10.6. The highest BCUT2D eigenvalue weighted by molar-refractivity contribution is 8.02. The van der Waals surface area contributed by atoms with Gasteiger partial charge in [0.2, 0.25) is 5.91 Å². The third-order valence-corrected chi connectivity index (χ3v) is 13.8. The molecule has 0 saturated carbocycles. The minimum Gasteiger partial charge on any atom is -0.465 e. The molecule has 1 atom stereocenters. The van der Waals surface area contributed by atoms with Gasteiger partial charge in [0.1, 0.15) is 6.04 Å². The Hall–Kier alpha value is -5.08. The molecule has 0 aliphatic rings. The average molecular weight is 807 g/mol. The zero-order chi connectivity index (χ0) is 41.1. The number of esters is 1. The fourth-order valence-electron chi connectivity index (χ4n) is 7.70. The summed E-state index contributed by atoms with van der Waals surface area (Å²) in [5.74, 6) is -0.598. The van der Waals surface area contributed by atoms with Gasteiger partial charge < -0.3 is 10.1 Å². The van der Waals surface area contributed by atoms with E-state index in [2.05, 4.69) is 184 Å². The molecule has 0 saturated heterocycles. The van der Waals surface area contributed by atoms with Crippen molar-refractivity contribution in [2.75, 3.05) is 19.7 Å². The largest absolute Gasteiger partial charge is 0.465 e. The van der Waals surface area contributed by atoms with Gasteiger partial charge >= 0.3 is 5.97 Å². The first-order chi connectivity index (χ1) is 28.0. The van der Waals surface area contributed by atoms with E-state index in [4.69, 9.17) is 4.74 Å². The molecule has 0 aromatic heterocycles. The molecule has 0 aliphatic heterocycles. The van der Waals surface area contributed by atoms with Crippen LogP contribution in [0.25, 0.3) is 0 Å². The van der Waals surface area contributed by atoms with E-state index in [1.54, 1.807) is 11.8 Å². The Kier molecular flexibility index (Phi) is 14.0. The van der Waals surface area contributed by atoms with Crippen molar-refractivity contribution in [1.82, 2.24) is 10.6 Å². The van der Waals surface area contributed by atoms with Gasteiger partial charge in [-0.25, -0.2) is 0 Å². The Morgan fingerprint density at radius 2 is 0.828 bits per heavy atom. The number of carbonyl (C=O) groups is 2. The summed E-state index contributed by atoms with van der Waals surface area (Å²) in [5, 5.41) is 6.59. The van der Waals surface area contributed by atoms with Crippen molar-refractivity contribution >= 4 is 35.4 Å². The zero-order valence-corrected chi connectivity index (χ0v) is 35.7. The summed E-state index contributed by atoms with van der Waals surface area (Å²) in [6.07, 6.45) is 0. The van der Waals surface area contributed by atoms with Crippen molar-refractivity contribution in [1.29, 1.82) is 0 Å². The van der Waals surface area contributed by atoms with Crippen LogP contribution in [0, 0.1) is 0 Å². The summed E-state index contributed by atoms with van der Waals surface area (Å²) < 4.78 is 3.27. The number of nitrogens with one attached hydrogen (secondary N) is 2. The first-order valence-electron chi connectivity index (χ1n) is 19.9. The number of hydrogen-bond donors (Lipinski definition) is 2. The molecule has 0 heterocycles. The summed E-state index contributed by atoms with van der Waals surface area (Å²) in [6, 6.07) is 62.2. The molecule has 6 rings (SSSR count). The normalized spacial score (nSPS) is 12.7. The molecule has 0 bridgehead atoms. The van der Waals surface area contributed by atoms with Crippen molar-refractivity contribution in [3.8, 4) is 0 Å². The minimum absolute atomic E-state index is 0.0651. The molecular formula is C51H54N2O3S2. The van der Waals surface area contributed by atoms with E-state index in [0.29, 0.717) is 6.54 Å². The smallest absolute Gasteiger partial charge is 0.324 e. The number of amides is 1. The molecule has 0 unspecified atom stereocenters. The van der Waals surface area contributed by atoms with E-state index in [9.17, 15) is 9.59 Å². The maximum Gasteiger partial charge on any atom is 0.324 e. The lowest BCUT2D eigenvalue weighted by atomic mass is 9.84. The van der Waals surface area contributed by atoms with Gasteiger partial charge in [0, 0.05) is 16.0 Å². The molecule has 298 valence electrons. The lowest BCUT2D eigenvalue weighted by Gasteiger charge is -2.44. The lowest BCUT2D eigenvalue weighted by Crippen LogP contribution is -2.55. The summed E-state index contributed by atoms with van der Waals surface area (Å²) in [4.78, 5) is 27.8. The Morgan fingerprint density at radius 3 is 1.14 bits per heavy atom. The van der Waals surface area contributed by atoms with Gasteiger partial charge in [-0.1, -0.05) is 182 Å². The topological polar surface area (TPSA) is 67.4 Å². The van der Waals surface area contributed by atoms with Crippen LogP contribution < -0.4 is 10.6 Å². The van der Waals surface area contributed by atoms with Crippen molar-refractivity contribution in [3.05, 3.63) is 215 Å². The van der Waals surface area contributed by atoms with E-state index in [1.165, 1.54) is 0 Å². The van der Waals surface area contributed by atoms with Gasteiger partial charge in [-0.3, -0.25) is 14.9 Å². The van der Waals surface area contributed by atoms with Crippen molar-refractivity contribution in [2.45, 2.75) is 59.6 Å². The Balaban J connectivity index is 1.26. The molecule has 2 N–H and O–H groups in total. The summed E-state index contributed by atoms with van der Waals surface area (Å²) in [5.41, 5.74) is 6.74. The number of ether oxygens (including phenoxy) is 1. The molecule has 1 amide bonds. The summed E-state index contributed by atoms with van der Waals surface area (Å²) in [6.45, 7) is 10.8. The standard InChI is InChI=1S/C51H54N2O3S2/c1-6-56-47(55)46(49(4,5)58-51(42-31-19-10-20-32-42,43-33-21-11-22-34-43)44-35-23-12-24-36-44)52-37-45(54)53-38-48(2,3)57-50(39-25-13-7-14-26-39,40-27-15-8-16-28-40)41-29-17-9-18-30-41/h7-36,46,52H,6,37-38H2,1-5H3,(H,53,54)/t46-/m0/s1. The Morgan fingerprint density at radius 1 is 0.517 bits per heavy atom. The first-order valence-corrected chi connectivity index (χ1v) is 21.6. The number of rotatable bonds is 18. The van der Waals surface area contributed by atoms with Gasteiger partial charge in [-0.05, 0) is 68.0 Å². The van der Waals surface area contributed by atoms with E-state index in [1.807, 2.05) is 55.1 Å². The van der Waals surface area contributed by atoms with Crippen LogP contribution in [0.4, 0.5) is 0 Å². The van der Waals surface area contributed by atoms with Crippen LogP contribution in [0.3, 0.4) is 0 Å². The zero-order valence-electron chi connectivity index (χ0n) is 34.1. The second-order valence-electron chi connectivity index (χ2n) is 15.5. The first kappa shape index (κ1) is 42.5. The van der Waals surface area contributed by atoms with Crippen molar-refractivity contribution in [2.24, 2.45) is 0 Å². The van der Waals surface area contributed by atoms with Gasteiger partial charge in [0.15, 0.2) is 0 Å². The molecule has 7 heteroatoms. The second kappa shape index (κ2) is 19.1. The molecule has 0 fully saturated rings. The van der Waals surface area contributed by atoms with Crippen LogP contribution in [0.2, 0.25) is 0 Å². The number of benzene rings is 6. The van der Waals surface area contributed by atoms with Crippen LogP contribution in [-0.2, 0) is 23.8 Å². The van der Waals surface area contributed by atoms with Crippen LogP contribution in [-0.4, -0.2) is 47.1 Å². The highest BCUT2D eigenvalue weighted by Crippen LogP contribution is 2.55. The molecule has 0 aliphatic carbocycles. The van der Waals surface area contributed by atoms with Crippen LogP contribution in [0.15, 0.2) is 182 Å². The highest BCUT2D eigenvalue weighted by Gasteiger charge is 2.47. The van der Waals surface area contributed by atoms with E-state index in [0.717, 1.165) is 33.4 Å². The molecule has 5 nitrogen and oxygen atoms in total. The molecule has 6 aromatic rings. The molecule has 0 spiro atoms. The summed E-state index contributed by atoms with van der Waals surface area (Å²) >= 11 is 3.51. The second-order valence-corrected chi connectivity index (χ2v) is 19.3. The maximum atomic E-state index is 13.9. The van der Waals surface area contributed by atoms with Crippen LogP contribution >= 0.6 is 23.5 Å². The number of hydrogen-bond acceptors (Lipinski definition) is 6. The number of thioether (sulfide) groups is 2. The van der Waals surface area contributed by atoms with Crippen molar-refractivity contribution in [3.63, 3.8) is 0 Å². The lowest BCUT2D eigenvalue weighted by molar-refractivity contribution is -0.146. The summed E-state index contributed by atoms with van der Waals surface area (Å²) in [7, 11) is 0. The van der Waals surface area contributed by atoms with Gasteiger partial charge in [-0.15, -0.1) is 23.5 Å². The van der Waals surface area contributed by atoms with Crippen LogP contribution in [0.5, 0.6) is 0 Å². The van der Waals surface area contributed by atoms with E-state index in [-0.39, 0.29) is 19.1 Å². The van der Waals surface area contributed by atoms with Crippen molar-refractivity contribution < 1.29 is 14.3 Å². The minimum atomic E-state index is -0.817. The SMILES string of the molecule is CCOC(=O)[C@H](NCC(=O)NCC(C)(C)SC(c1ccccc1)(c1ccccc1)c1ccccc1)C(C)(C)SC(c1ccccc1)(c1ccccc1)c1ccccc1. The quantitative estimate of drug-likeness (QED) is 0.0666. The maximum absolute atomic E-state index is 13.9. The van der Waals surface area contributed by atoms with E-state index < -0.39 is 31.0 Å². The van der Waals surface area contributed by atoms with Crippen LogP contribution in [0.1, 0.15) is 68.0 Å². The molecule has 6 aromatic carbocycles.